The summed E-state index contributed by atoms with van der Waals surface area (Å²) < 4.78 is 20.3. The van der Waals surface area contributed by atoms with Crippen molar-refractivity contribution < 1.29 is 13.9 Å². The smallest absolute Gasteiger partial charge is 0.267 e. The molecular formula is C20H18FN5O2S. The van der Waals surface area contributed by atoms with Gasteiger partial charge in [-0.15, -0.1) is 11.3 Å². The number of anilines is 1. The number of thiazole rings is 1. The van der Waals surface area contributed by atoms with Crippen molar-refractivity contribution in [3.8, 4) is 5.75 Å². The summed E-state index contributed by atoms with van der Waals surface area (Å²) in [6.45, 7) is 3.88. The van der Waals surface area contributed by atoms with Crippen LogP contribution in [0.3, 0.4) is 0 Å². The molecule has 0 aliphatic heterocycles. The standard InChI is InChI=1S/C20H18FN5O2S/c1-11-16-8-14(9-22-19(16)26(3)25-11)24-20(27)18-12(2)23-17(29-18)10-28-15-6-4-13(21)5-7-15/h4-9H,10H2,1-3H3,(H,24,27). The summed E-state index contributed by atoms with van der Waals surface area (Å²) in [5.41, 5.74) is 2.82. The lowest BCUT2D eigenvalue weighted by molar-refractivity contribution is 0.103. The molecule has 4 rings (SSSR count). The zero-order valence-electron chi connectivity index (χ0n) is 16.1. The van der Waals surface area contributed by atoms with Gasteiger partial charge in [0.05, 0.1) is 23.3 Å². The van der Waals surface area contributed by atoms with Crippen molar-refractivity contribution in [1.82, 2.24) is 19.7 Å². The van der Waals surface area contributed by atoms with Crippen LogP contribution in [0.2, 0.25) is 0 Å². The normalized spacial score (nSPS) is 11.0. The molecule has 0 radical (unpaired) electrons. The molecular weight excluding hydrogens is 393 g/mol. The van der Waals surface area contributed by atoms with E-state index in [9.17, 15) is 9.18 Å². The second-order valence-electron chi connectivity index (χ2n) is 6.52. The SMILES string of the molecule is Cc1nc(COc2ccc(F)cc2)sc1C(=O)Nc1cnc2c(c1)c(C)nn2C. The number of ether oxygens (including phenoxy) is 1. The third-order valence-corrected chi connectivity index (χ3v) is 5.47. The van der Waals surface area contributed by atoms with E-state index in [4.69, 9.17) is 4.74 Å². The van der Waals surface area contributed by atoms with Gasteiger partial charge in [-0.1, -0.05) is 0 Å². The molecule has 29 heavy (non-hydrogen) atoms. The van der Waals surface area contributed by atoms with Crippen LogP contribution < -0.4 is 10.1 Å². The Morgan fingerprint density at radius 2 is 2.00 bits per heavy atom. The maximum Gasteiger partial charge on any atom is 0.267 e. The van der Waals surface area contributed by atoms with E-state index in [1.165, 1.54) is 23.5 Å². The fourth-order valence-corrected chi connectivity index (χ4v) is 3.84. The quantitative estimate of drug-likeness (QED) is 0.537. The van der Waals surface area contributed by atoms with Crippen molar-refractivity contribution >= 4 is 34.0 Å². The van der Waals surface area contributed by atoms with Crippen LogP contribution in [0, 0.1) is 19.7 Å². The third-order valence-electron chi connectivity index (χ3n) is 4.34. The van der Waals surface area contributed by atoms with Crippen LogP contribution in [0.25, 0.3) is 11.0 Å². The molecule has 3 aromatic heterocycles. The summed E-state index contributed by atoms with van der Waals surface area (Å²) in [7, 11) is 1.83. The van der Waals surface area contributed by atoms with E-state index in [0.29, 0.717) is 27.0 Å². The molecule has 0 aliphatic rings. The van der Waals surface area contributed by atoms with E-state index in [2.05, 4.69) is 20.4 Å². The van der Waals surface area contributed by atoms with E-state index in [1.807, 2.05) is 20.0 Å². The molecule has 0 saturated carbocycles. The van der Waals surface area contributed by atoms with Crippen molar-refractivity contribution in [1.29, 1.82) is 0 Å². The molecule has 148 valence electrons. The molecule has 0 spiro atoms. The van der Waals surface area contributed by atoms with Gasteiger partial charge >= 0.3 is 0 Å². The summed E-state index contributed by atoms with van der Waals surface area (Å²) >= 11 is 1.26. The van der Waals surface area contributed by atoms with Gasteiger partial charge in [-0.3, -0.25) is 9.48 Å². The highest BCUT2D eigenvalue weighted by atomic mass is 32.1. The Bertz CT molecular complexity index is 1200. The van der Waals surface area contributed by atoms with Gasteiger partial charge in [-0.25, -0.2) is 14.4 Å². The third kappa shape index (κ3) is 3.95. The predicted molar refractivity (Wildman–Crippen MR) is 109 cm³/mol. The summed E-state index contributed by atoms with van der Waals surface area (Å²) in [4.78, 5) is 22.0. The van der Waals surface area contributed by atoms with Gasteiger partial charge in [0.25, 0.3) is 5.91 Å². The Kier molecular flexibility index (Phi) is 4.98. The van der Waals surface area contributed by atoms with Crippen LogP contribution in [0.1, 0.15) is 26.1 Å². The first kappa shape index (κ1) is 19.0. The van der Waals surface area contributed by atoms with Crippen LogP contribution in [0.5, 0.6) is 5.75 Å². The van der Waals surface area contributed by atoms with Gasteiger partial charge in [0.2, 0.25) is 0 Å². The fraction of sp³-hybridized carbons (Fsp3) is 0.200. The number of amides is 1. The highest BCUT2D eigenvalue weighted by Crippen LogP contribution is 2.23. The van der Waals surface area contributed by atoms with E-state index in [-0.39, 0.29) is 18.3 Å². The lowest BCUT2D eigenvalue weighted by Gasteiger charge is -2.04. The Labute approximate surface area is 170 Å². The van der Waals surface area contributed by atoms with Gasteiger partial charge in [0, 0.05) is 12.4 Å². The molecule has 3 heterocycles. The molecule has 0 fully saturated rings. The molecule has 0 bridgehead atoms. The van der Waals surface area contributed by atoms with Crippen molar-refractivity contribution in [2.75, 3.05) is 5.32 Å². The van der Waals surface area contributed by atoms with Crippen molar-refractivity contribution in [2.45, 2.75) is 20.5 Å². The number of carbonyl (C=O) groups is 1. The second-order valence-corrected chi connectivity index (χ2v) is 7.61. The zero-order chi connectivity index (χ0) is 20.5. The summed E-state index contributed by atoms with van der Waals surface area (Å²) in [5.74, 6) is -0.0391. The van der Waals surface area contributed by atoms with Gasteiger partial charge in [0.1, 0.15) is 28.1 Å². The number of pyridine rings is 1. The lowest BCUT2D eigenvalue weighted by atomic mass is 10.2. The first-order valence-corrected chi connectivity index (χ1v) is 9.68. The molecule has 4 aromatic rings. The number of hydrogen-bond acceptors (Lipinski definition) is 6. The monoisotopic (exact) mass is 411 g/mol. The number of nitrogens with zero attached hydrogens (tertiary/aromatic N) is 4. The molecule has 9 heteroatoms. The summed E-state index contributed by atoms with van der Waals surface area (Å²) in [5, 5.41) is 8.76. The number of aromatic nitrogens is 4. The van der Waals surface area contributed by atoms with Gasteiger partial charge in [-0.05, 0) is 44.2 Å². The second kappa shape index (κ2) is 7.59. The molecule has 7 nitrogen and oxygen atoms in total. The predicted octanol–water partition coefficient (Wildman–Crippen LogP) is 4.01. The largest absolute Gasteiger partial charge is 0.486 e. The molecule has 0 atom stereocenters. The number of carbonyl (C=O) groups excluding carboxylic acids is 1. The van der Waals surface area contributed by atoms with Gasteiger partial charge in [0.15, 0.2) is 5.65 Å². The number of aryl methyl sites for hydroxylation is 3. The maximum absolute atomic E-state index is 13.0. The number of halogens is 1. The molecule has 1 N–H and O–H groups in total. The number of nitrogens with one attached hydrogen (secondary N) is 1. The average Bonchev–Trinajstić information content (AvgIpc) is 3.20. The number of rotatable bonds is 5. The summed E-state index contributed by atoms with van der Waals surface area (Å²) in [6, 6.07) is 7.61. The van der Waals surface area contributed by atoms with Crippen molar-refractivity contribution in [2.24, 2.45) is 7.05 Å². The molecule has 1 aromatic carbocycles. The minimum absolute atomic E-state index is 0.201. The Hall–Kier alpha value is -3.33. The maximum atomic E-state index is 13.0. The van der Waals surface area contributed by atoms with E-state index in [0.717, 1.165) is 16.7 Å². The first-order valence-electron chi connectivity index (χ1n) is 8.86. The van der Waals surface area contributed by atoms with Crippen LogP contribution >= 0.6 is 11.3 Å². The van der Waals surface area contributed by atoms with Crippen LogP contribution in [0.4, 0.5) is 10.1 Å². The zero-order valence-corrected chi connectivity index (χ0v) is 16.9. The minimum Gasteiger partial charge on any atom is -0.486 e. The topological polar surface area (TPSA) is 81.9 Å². The van der Waals surface area contributed by atoms with Gasteiger partial charge < -0.3 is 10.1 Å². The van der Waals surface area contributed by atoms with Gasteiger partial charge in [-0.2, -0.15) is 5.10 Å². The molecule has 0 aliphatic carbocycles. The van der Waals surface area contributed by atoms with Crippen LogP contribution in [-0.4, -0.2) is 25.7 Å². The highest BCUT2D eigenvalue weighted by molar-refractivity contribution is 7.13. The van der Waals surface area contributed by atoms with E-state index in [1.54, 1.807) is 29.9 Å². The number of fused-ring (bicyclic) bond motifs is 1. The average molecular weight is 411 g/mol. The first-order chi connectivity index (χ1) is 13.9. The van der Waals surface area contributed by atoms with Crippen molar-refractivity contribution in [3.05, 3.63) is 63.6 Å². The Balaban J connectivity index is 1.47. The van der Waals surface area contributed by atoms with Crippen LogP contribution in [-0.2, 0) is 13.7 Å². The van der Waals surface area contributed by atoms with E-state index < -0.39 is 0 Å². The Morgan fingerprint density at radius 3 is 2.76 bits per heavy atom. The fourth-order valence-electron chi connectivity index (χ4n) is 2.96. The van der Waals surface area contributed by atoms with Crippen molar-refractivity contribution in [3.63, 3.8) is 0 Å². The van der Waals surface area contributed by atoms with E-state index >= 15 is 0 Å². The highest BCUT2D eigenvalue weighted by Gasteiger charge is 2.17. The number of hydrogen-bond donors (Lipinski definition) is 1. The lowest BCUT2D eigenvalue weighted by Crippen LogP contribution is -2.11. The number of benzene rings is 1. The molecule has 1 amide bonds. The molecule has 0 unspecified atom stereocenters. The Morgan fingerprint density at radius 1 is 1.24 bits per heavy atom. The minimum atomic E-state index is -0.324. The summed E-state index contributed by atoms with van der Waals surface area (Å²) in [6.07, 6.45) is 1.61. The van der Waals surface area contributed by atoms with Crippen LogP contribution in [0.15, 0.2) is 36.5 Å². The molecule has 0 saturated heterocycles.